The van der Waals surface area contributed by atoms with Crippen molar-refractivity contribution in [2.75, 3.05) is 32.2 Å². The molecule has 9 nitrogen and oxygen atoms in total. The van der Waals surface area contributed by atoms with Crippen LogP contribution in [-0.4, -0.2) is 54.4 Å². The van der Waals surface area contributed by atoms with E-state index in [1.807, 2.05) is 52.7 Å². The summed E-state index contributed by atoms with van der Waals surface area (Å²) in [6.07, 6.45) is 4.51. The summed E-state index contributed by atoms with van der Waals surface area (Å²) >= 11 is 0. The number of hydrogen-bond acceptors (Lipinski definition) is 7. The summed E-state index contributed by atoms with van der Waals surface area (Å²) in [6.45, 7) is 1.85. The minimum atomic E-state index is -0.427. The van der Waals surface area contributed by atoms with Crippen LogP contribution in [0.5, 0.6) is 11.5 Å². The summed E-state index contributed by atoms with van der Waals surface area (Å²) in [5.74, 6) is 1.26. The van der Waals surface area contributed by atoms with Crippen LogP contribution < -0.4 is 25.0 Å². The van der Waals surface area contributed by atoms with Crippen LogP contribution in [0.3, 0.4) is 0 Å². The van der Waals surface area contributed by atoms with E-state index in [4.69, 9.17) is 19.5 Å². The Kier molecular flexibility index (Phi) is 6.87. The van der Waals surface area contributed by atoms with Crippen molar-refractivity contribution < 1.29 is 24.0 Å². The molecule has 1 spiro atoms. The van der Waals surface area contributed by atoms with Crippen molar-refractivity contribution in [1.82, 2.24) is 15.3 Å². The third-order valence-electron chi connectivity index (χ3n) is 8.60. The molecule has 2 saturated heterocycles. The van der Waals surface area contributed by atoms with E-state index in [-0.39, 0.29) is 18.0 Å². The number of nitrogens with zero attached hydrogens (tertiary/aromatic N) is 4. The fourth-order valence-corrected chi connectivity index (χ4v) is 6.41. The predicted molar refractivity (Wildman–Crippen MR) is 161 cm³/mol. The number of hydrogen-bond donors (Lipinski definition) is 2. The molecule has 1 unspecified atom stereocenters. The molecule has 0 saturated carbocycles. The first kappa shape index (κ1) is 27.2. The van der Waals surface area contributed by atoms with Gasteiger partial charge in [0, 0.05) is 41.2 Å². The third kappa shape index (κ3) is 4.72. The van der Waals surface area contributed by atoms with E-state index in [1.165, 1.54) is 13.2 Å². The van der Waals surface area contributed by atoms with E-state index in [2.05, 4.69) is 10.3 Å². The van der Waals surface area contributed by atoms with Crippen molar-refractivity contribution in [2.45, 2.75) is 31.3 Å². The SMILES string of the molecule is COc1ccc2c(c1)C(c1c(F)cccc1OC)=NCc1cnc([NH2+]c3cccc(N4CCC5(CCCN5)C4=O)c3)nc1-2. The molecule has 3 N–H and O–H groups in total. The van der Waals surface area contributed by atoms with Crippen molar-refractivity contribution in [3.05, 3.63) is 89.4 Å². The second-order valence-corrected chi connectivity index (χ2v) is 11.1. The van der Waals surface area contributed by atoms with Gasteiger partial charge in [-0.3, -0.25) is 9.79 Å². The number of amides is 1. The largest absolute Gasteiger partial charge is 0.497 e. The molecular formula is C33H32FN6O3+. The van der Waals surface area contributed by atoms with Gasteiger partial charge in [-0.2, -0.15) is 9.97 Å². The molecule has 0 aliphatic carbocycles. The van der Waals surface area contributed by atoms with Crippen LogP contribution in [0.4, 0.5) is 21.7 Å². The van der Waals surface area contributed by atoms with Crippen LogP contribution in [-0.2, 0) is 11.3 Å². The molecule has 4 aromatic rings. The average molecular weight is 580 g/mol. The van der Waals surface area contributed by atoms with Crippen LogP contribution in [0.1, 0.15) is 36.0 Å². The highest BCUT2D eigenvalue weighted by atomic mass is 19.1. The maximum atomic E-state index is 15.3. The van der Waals surface area contributed by atoms with E-state index in [1.54, 1.807) is 25.4 Å². The Bertz CT molecular complexity index is 1770. The minimum absolute atomic E-state index is 0.151. The van der Waals surface area contributed by atoms with E-state index in [0.717, 1.165) is 48.3 Å². The van der Waals surface area contributed by atoms with Gasteiger partial charge in [-0.1, -0.05) is 12.1 Å². The van der Waals surface area contributed by atoms with Crippen molar-refractivity contribution in [3.8, 4) is 22.8 Å². The predicted octanol–water partition coefficient (Wildman–Crippen LogP) is 4.04. The van der Waals surface area contributed by atoms with Gasteiger partial charge < -0.3 is 19.7 Å². The van der Waals surface area contributed by atoms with Gasteiger partial charge in [-0.05, 0) is 68.3 Å². The number of ether oxygens (including phenoxy) is 2. The Morgan fingerprint density at radius 3 is 2.72 bits per heavy atom. The Labute approximate surface area is 248 Å². The van der Waals surface area contributed by atoms with Gasteiger partial charge in [-0.15, -0.1) is 0 Å². The summed E-state index contributed by atoms with van der Waals surface area (Å²) in [4.78, 5) is 29.6. The molecule has 1 atom stereocenters. The fourth-order valence-electron chi connectivity index (χ4n) is 6.41. The maximum absolute atomic E-state index is 15.3. The molecule has 0 radical (unpaired) electrons. The number of methoxy groups -OCH3 is 2. The summed E-state index contributed by atoms with van der Waals surface area (Å²) in [5, 5.41) is 5.35. The number of quaternary nitrogens is 1. The number of halogens is 1. The summed E-state index contributed by atoms with van der Waals surface area (Å²) in [7, 11) is 3.11. The molecule has 4 heterocycles. The van der Waals surface area contributed by atoms with Crippen LogP contribution in [0.2, 0.25) is 0 Å². The average Bonchev–Trinajstić information content (AvgIpc) is 3.60. The number of nitrogens with one attached hydrogen (secondary N) is 1. The first-order valence-electron chi connectivity index (χ1n) is 14.4. The van der Waals surface area contributed by atoms with Gasteiger partial charge in [-0.25, -0.2) is 9.71 Å². The molecule has 2 fully saturated rings. The number of rotatable bonds is 6. The molecule has 3 aromatic carbocycles. The highest BCUT2D eigenvalue weighted by molar-refractivity contribution is 6.18. The number of fused-ring (bicyclic) bond motifs is 3. The number of aliphatic imine (C=N–C) groups is 1. The molecule has 7 rings (SSSR count). The van der Waals surface area contributed by atoms with Crippen LogP contribution in [0.15, 0.2) is 71.9 Å². The summed E-state index contributed by atoms with van der Waals surface area (Å²) in [6, 6.07) is 18.3. The maximum Gasteiger partial charge on any atom is 0.331 e. The summed E-state index contributed by atoms with van der Waals surface area (Å²) < 4.78 is 26.3. The normalized spacial score (nSPS) is 19.2. The molecule has 10 heteroatoms. The molecule has 1 amide bonds. The van der Waals surface area contributed by atoms with Gasteiger partial charge in [0.1, 0.15) is 28.5 Å². The summed E-state index contributed by atoms with van der Waals surface area (Å²) in [5.41, 5.74) is 5.11. The van der Waals surface area contributed by atoms with Crippen molar-refractivity contribution in [2.24, 2.45) is 4.99 Å². The standard InChI is InChI=1S/C33H31FN6O3/c1-42-23-10-11-24-25(17-23)30(28-26(34)8-4-9-27(28)43-2)35-18-20-19-36-32(39-29(20)24)38-21-6-3-7-22(16-21)40-15-13-33(31(40)41)12-5-14-37-33/h3-4,6-11,16-17,19,37H,5,12-15,18H2,1-2H3,(H,36,38,39)/p+1. The van der Waals surface area contributed by atoms with E-state index in [9.17, 15) is 4.79 Å². The molecule has 3 aliphatic rings. The lowest BCUT2D eigenvalue weighted by molar-refractivity contribution is -0.487. The number of anilines is 1. The lowest BCUT2D eigenvalue weighted by Crippen LogP contribution is -2.72. The molecule has 0 bridgehead atoms. The lowest BCUT2D eigenvalue weighted by atomic mass is 9.94. The molecule has 3 aliphatic heterocycles. The number of benzene rings is 3. The molecule has 218 valence electrons. The number of aromatic nitrogens is 2. The Morgan fingerprint density at radius 2 is 1.91 bits per heavy atom. The van der Waals surface area contributed by atoms with Gasteiger partial charge in [0.05, 0.1) is 37.7 Å². The third-order valence-corrected chi connectivity index (χ3v) is 8.60. The van der Waals surface area contributed by atoms with Gasteiger partial charge in [0.25, 0.3) is 0 Å². The Hall–Kier alpha value is -4.67. The topological polar surface area (TPSA) is 106 Å². The monoisotopic (exact) mass is 579 g/mol. The first-order chi connectivity index (χ1) is 21.0. The fraction of sp³-hybridized carbons (Fsp3) is 0.273. The van der Waals surface area contributed by atoms with E-state index < -0.39 is 11.4 Å². The quantitative estimate of drug-likeness (QED) is 0.334. The zero-order valence-corrected chi connectivity index (χ0v) is 24.1. The number of carbonyl (C=O) groups is 1. The smallest absolute Gasteiger partial charge is 0.331 e. The highest BCUT2D eigenvalue weighted by Gasteiger charge is 2.48. The molecule has 43 heavy (non-hydrogen) atoms. The lowest BCUT2D eigenvalue weighted by Gasteiger charge is -2.23. The van der Waals surface area contributed by atoms with E-state index >= 15 is 4.39 Å². The second kappa shape index (κ2) is 10.9. The second-order valence-electron chi connectivity index (χ2n) is 11.1. The van der Waals surface area contributed by atoms with Crippen molar-refractivity contribution in [3.63, 3.8) is 0 Å². The molecular weight excluding hydrogens is 547 g/mol. The van der Waals surface area contributed by atoms with Crippen LogP contribution in [0.25, 0.3) is 11.3 Å². The van der Waals surface area contributed by atoms with Gasteiger partial charge >= 0.3 is 5.95 Å². The van der Waals surface area contributed by atoms with Gasteiger partial charge in [0.2, 0.25) is 5.91 Å². The zero-order valence-electron chi connectivity index (χ0n) is 24.1. The Balaban J connectivity index is 1.23. The zero-order chi connectivity index (χ0) is 29.6. The van der Waals surface area contributed by atoms with E-state index in [0.29, 0.717) is 41.0 Å². The van der Waals surface area contributed by atoms with Crippen molar-refractivity contribution in [1.29, 1.82) is 0 Å². The first-order valence-corrected chi connectivity index (χ1v) is 14.4. The Morgan fingerprint density at radius 1 is 1.02 bits per heavy atom. The number of nitrogens with two attached hydrogens (primary N) is 1. The minimum Gasteiger partial charge on any atom is -0.497 e. The van der Waals surface area contributed by atoms with Crippen molar-refractivity contribution >= 4 is 28.9 Å². The highest BCUT2D eigenvalue weighted by Crippen LogP contribution is 2.37. The van der Waals surface area contributed by atoms with Crippen LogP contribution in [0, 0.1) is 5.82 Å². The van der Waals surface area contributed by atoms with Gasteiger partial charge in [0.15, 0.2) is 0 Å². The number of carbonyl (C=O) groups excluding carboxylic acids is 1. The van der Waals surface area contributed by atoms with Crippen LogP contribution >= 0.6 is 0 Å². The molecule has 1 aromatic heterocycles.